The van der Waals surface area contributed by atoms with Gasteiger partial charge < -0.3 is 4.90 Å². The first kappa shape index (κ1) is 13.7. The van der Waals surface area contributed by atoms with Crippen LogP contribution in [0.3, 0.4) is 0 Å². The summed E-state index contributed by atoms with van der Waals surface area (Å²) in [5, 5.41) is 9.47. The molecular weight excluding hydrogens is 256 g/mol. The Morgan fingerprint density at radius 3 is 2.52 bits per heavy atom. The molecule has 1 unspecified atom stereocenters. The highest BCUT2D eigenvalue weighted by atomic mass is 15.2. The van der Waals surface area contributed by atoms with Crippen LogP contribution >= 0.6 is 0 Å². The molecule has 0 aromatic heterocycles. The summed E-state index contributed by atoms with van der Waals surface area (Å²) in [4.78, 5) is 2.24. The van der Waals surface area contributed by atoms with Crippen LogP contribution in [0.2, 0.25) is 0 Å². The fourth-order valence-corrected chi connectivity index (χ4v) is 2.94. The van der Waals surface area contributed by atoms with Crippen LogP contribution in [-0.2, 0) is 0 Å². The summed E-state index contributed by atoms with van der Waals surface area (Å²) in [6, 6.07) is 13.1. The maximum Gasteiger partial charge on any atom is 0.0969 e. The van der Waals surface area contributed by atoms with Crippen LogP contribution in [0.1, 0.15) is 38.8 Å². The molecule has 106 valence electrons. The summed E-state index contributed by atoms with van der Waals surface area (Å²) in [5.41, 5.74) is 4.59. The van der Waals surface area contributed by atoms with Gasteiger partial charge in [-0.3, -0.25) is 0 Å². The third-order valence-electron chi connectivity index (χ3n) is 4.21. The van der Waals surface area contributed by atoms with Gasteiger partial charge in [-0.15, -0.1) is 0 Å². The molecule has 1 aromatic rings. The van der Waals surface area contributed by atoms with E-state index in [1.807, 2.05) is 6.07 Å². The molecule has 2 nitrogen and oxygen atoms in total. The Morgan fingerprint density at radius 1 is 1.19 bits per heavy atom. The zero-order chi connectivity index (χ0) is 15.0. The van der Waals surface area contributed by atoms with Gasteiger partial charge in [0.05, 0.1) is 23.4 Å². The number of hydrogen-bond acceptors (Lipinski definition) is 2. The van der Waals surface area contributed by atoms with E-state index in [0.717, 1.165) is 17.7 Å². The molecule has 3 rings (SSSR count). The van der Waals surface area contributed by atoms with E-state index in [2.05, 4.69) is 74.4 Å². The summed E-state index contributed by atoms with van der Waals surface area (Å²) in [6.07, 6.45) is 7.29. The van der Waals surface area contributed by atoms with Crippen molar-refractivity contribution in [2.24, 2.45) is 5.41 Å². The Labute approximate surface area is 126 Å². The van der Waals surface area contributed by atoms with Gasteiger partial charge in [0.2, 0.25) is 0 Å². The molecule has 0 aliphatic carbocycles. The minimum Gasteiger partial charge on any atom is -0.339 e. The number of fused-ring (bicyclic) bond motifs is 1. The predicted octanol–water partition coefficient (Wildman–Crippen LogP) is 4.71. The lowest BCUT2D eigenvalue weighted by Gasteiger charge is -2.31. The zero-order valence-corrected chi connectivity index (χ0v) is 12.8. The average molecular weight is 276 g/mol. The molecule has 21 heavy (non-hydrogen) atoms. The van der Waals surface area contributed by atoms with Crippen LogP contribution in [0.15, 0.2) is 65.5 Å². The minimum absolute atomic E-state index is 0.0982. The Bertz CT molecular complexity index is 679. The largest absolute Gasteiger partial charge is 0.339 e. The van der Waals surface area contributed by atoms with Gasteiger partial charge in [0.15, 0.2) is 0 Å². The van der Waals surface area contributed by atoms with Crippen LogP contribution in [0.4, 0.5) is 0 Å². The molecule has 2 heterocycles. The zero-order valence-electron chi connectivity index (χ0n) is 12.8. The SMILES string of the molecule is CC(C)(C)C1=CC2=C(C#N)CC(c3ccccc3)N2C=C1. The fourth-order valence-electron chi connectivity index (χ4n) is 2.94. The van der Waals surface area contributed by atoms with Crippen LogP contribution in [-0.4, -0.2) is 4.90 Å². The lowest BCUT2D eigenvalue weighted by atomic mass is 9.84. The van der Waals surface area contributed by atoms with E-state index in [9.17, 15) is 5.26 Å². The summed E-state index contributed by atoms with van der Waals surface area (Å²) >= 11 is 0. The van der Waals surface area contributed by atoms with Gasteiger partial charge in [0.1, 0.15) is 0 Å². The number of nitriles is 1. The first-order valence-corrected chi connectivity index (χ1v) is 7.37. The Morgan fingerprint density at radius 2 is 1.90 bits per heavy atom. The summed E-state index contributed by atoms with van der Waals surface area (Å²) in [7, 11) is 0. The fraction of sp³-hybridized carbons (Fsp3) is 0.316. The van der Waals surface area contributed by atoms with Crippen molar-refractivity contribution >= 4 is 0 Å². The minimum atomic E-state index is 0.0982. The van der Waals surface area contributed by atoms with Crippen molar-refractivity contribution < 1.29 is 0 Å². The number of rotatable bonds is 1. The lowest BCUT2D eigenvalue weighted by Crippen LogP contribution is -2.21. The van der Waals surface area contributed by atoms with Crippen molar-refractivity contribution in [1.29, 1.82) is 5.26 Å². The second kappa shape index (κ2) is 4.93. The van der Waals surface area contributed by atoms with Crippen LogP contribution in [0.5, 0.6) is 0 Å². The van der Waals surface area contributed by atoms with E-state index < -0.39 is 0 Å². The molecule has 0 radical (unpaired) electrons. The standard InChI is InChI=1S/C19H20N2/c1-19(2,3)16-9-10-21-17(14-7-5-4-6-8-14)11-15(13-20)18(21)12-16/h4-10,12,17H,11H2,1-3H3. The first-order chi connectivity index (χ1) is 10.0. The Balaban J connectivity index is 2.00. The van der Waals surface area contributed by atoms with E-state index in [1.54, 1.807) is 0 Å². The van der Waals surface area contributed by atoms with Gasteiger partial charge in [-0.2, -0.15) is 5.26 Å². The average Bonchev–Trinajstić information content (AvgIpc) is 2.85. The lowest BCUT2D eigenvalue weighted by molar-refractivity contribution is 0.381. The number of benzene rings is 1. The van der Waals surface area contributed by atoms with Gasteiger partial charge in [-0.25, -0.2) is 0 Å². The maximum absolute atomic E-state index is 9.47. The van der Waals surface area contributed by atoms with Crippen molar-refractivity contribution in [2.75, 3.05) is 0 Å². The molecule has 0 spiro atoms. The van der Waals surface area contributed by atoms with Crippen LogP contribution < -0.4 is 0 Å². The van der Waals surface area contributed by atoms with E-state index in [4.69, 9.17) is 0 Å². The number of hydrogen-bond donors (Lipinski definition) is 0. The van der Waals surface area contributed by atoms with Crippen molar-refractivity contribution in [3.05, 3.63) is 71.1 Å². The highest BCUT2D eigenvalue weighted by Gasteiger charge is 2.33. The van der Waals surface area contributed by atoms with Crippen molar-refractivity contribution in [3.63, 3.8) is 0 Å². The number of allylic oxidation sites excluding steroid dienone is 3. The van der Waals surface area contributed by atoms with Crippen molar-refractivity contribution in [3.8, 4) is 6.07 Å². The third kappa shape index (κ3) is 2.40. The van der Waals surface area contributed by atoms with Crippen LogP contribution in [0.25, 0.3) is 0 Å². The highest BCUT2D eigenvalue weighted by molar-refractivity contribution is 5.49. The molecule has 0 fully saturated rings. The second-order valence-corrected chi connectivity index (χ2v) is 6.68. The summed E-state index contributed by atoms with van der Waals surface area (Å²) in [6.45, 7) is 6.61. The number of nitrogens with zero attached hydrogens (tertiary/aromatic N) is 2. The van der Waals surface area contributed by atoms with E-state index in [1.165, 1.54) is 11.1 Å². The molecule has 0 saturated carbocycles. The topological polar surface area (TPSA) is 27.0 Å². The summed E-state index contributed by atoms with van der Waals surface area (Å²) < 4.78 is 0. The molecule has 0 amide bonds. The molecule has 2 aliphatic rings. The highest BCUT2D eigenvalue weighted by Crippen LogP contribution is 2.43. The quantitative estimate of drug-likeness (QED) is 0.742. The normalized spacial score (nSPS) is 21.1. The molecule has 2 heteroatoms. The molecule has 1 atom stereocenters. The molecule has 1 aromatic carbocycles. The molecule has 0 saturated heterocycles. The van der Waals surface area contributed by atoms with Crippen LogP contribution in [0, 0.1) is 16.7 Å². The first-order valence-electron chi connectivity index (χ1n) is 7.37. The van der Waals surface area contributed by atoms with Gasteiger partial charge in [-0.1, -0.05) is 51.1 Å². The second-order valence-electron chi connectivity index (χ2n) is 6.68. The molecule has 2 aliphatic heterocycles. The van der Waals surface area contributed by atoms with Crippen molar-refractivity contribution in [2.45, 2.75) is 33.2 Å². The van der Waals surface area contributed by atoms with E-state index >= 15 is 0 Å². The predicted molar refractivity (Wildman–Crippen MR) is 85.0 cm³/mol. The van der Waals surface area contributed by atoms with Gasteiger partial charge in [0.25, 0.3) is 0 Å². The Hall–Kier alpha value is -2.27. The van der Waals surface area contributed by atoms with Gasteiger partial charge in [-0.05, 0) is 28.7 Å². The Kier molecular flexibility index (Phi) is 3.22. The smallest absolute Gasteiger partial charge is 0.0969 e. The molecular formula is C19H20N2. The van der Waals surface area contributed by atoms with Gasteiger partial charge in [0, 0.05) is 12.6 Å². The third-order valence-corrected chi connectivity index (χ3v) is 4.21. The van der Waals surface area contributed by atoms with E-state index in [-0.39, 0.29) is 11.5 Å². The molecule has 0 N–H and O–H groups in total. The van der Waals surface area contributed by atoms with Crippen molar-refractivity contribution in [1.82, 2.24) is 4.90 Å². The monoisotopic (exact) mass is 276 g/mol. The van der Waals surface area contributed by atoms with E-state index in [0.29, 0.717) is 0 Å². The maximum atomic E-state index is 9.47. The molecule has 0 bridgehead atoms. The summed E-state index contributed by atoms with van der Waals surface area (Å²) in [5.74, 6) is 0. The van der Waals surface area contributed by atoms with Gasteiger partial charge >= 0.3 is 0 Å².